The summed E-state index contributed by atoms with van der Waals surface area (Å²) in [4.78, 5) is 26.2. The molecular weight excluding hydrogens is 258 g/mol. The number of aromatic nitrogens is 3. The first-order valence-electron chi connectivity index (χ1n) is 6.66. The summed E-state index contributed by atoms with van der Waals surface area (Å²) in [7, 11) is 1.77. The van der Waals surface area contributed by atoms with E-state index in [2.05, 4.69) is 15.6 Å². The Hall–Kier alpha value is -1.92. The van der Waals surface area contributed by atoms with E-state index in [1.165, 1.54) is 0 Å². The van der Waals surface area contributed by atoms with Crippen molar-refractivity contribution in [3.63, 3.8) is 0 Å². The lowest BCUT2D eigenvalue weighted by Gasteiger charge is -2.41. The van der Waals surface area contributed by atoms with E-state index in [0.717, 1.165) is 0 Å². The van der Waals surface area contributed by atoms with Crippen LogP contribution in [-0.2, 0) is 23.2 Å². The molecule has 2 atom stereocenters. The largest absolute Gasteiger partial charge is 0.342 e. The van der Waals surface area contributed by atoms with Gasteiger partial charge in [0.15, 0.2) is 0 Å². The first-order chi connectivity index (χ1) is 9.20. The molecule has 2 unspecified atom stereocenters. The fourth-order valence-electron chi connectivity index (χ4n) is 2.27. The molecule has 1 N–H and O–H groups in total. The van der Waals surface area contributed by atoms with E-state index in [-0.39, 0.29) is 17.2 Å². The highest BCUT2D eigenvalue weighted by molar-refractivity contribution is 5.97. The number of amides is 2. The van der Waals surface area contributed by atoms with E-state index in [9.17, 15) is 9.59 Å². The third-order valence-corrected chi connectivity index (χ3v) is 3.51. The normalized spacial score (nSPS) is 23.9. The van der Waals surface area contributed by atoms with Crippen molar-refractivity contribution in [2.75, 3.05) is 0 Å². The maximum atomic E-state index is 12.6. The summed E-state index contributed by atoms with van der Waals surface area (Å²) in [6, 6.07) is -1.01. The van der Waals surface area contributed by atoms with E-state index in [1.807, 2.05) is 20.8 Å². The molecule has 0 aromatic carbocycles. The molecule has 1 aliphatic heterocycles. The average Bonchev–Trinajstić information content (AvgIpc) is 2.73. The Kier molecular flexibility index (Phi) is 3.54. The SMILES string of the molecule is CC1C(=O)NC(C(C)(C)C)C(=O)N1Cc1cn(C)nn1. The Morgan fingerprint density at radius 2 is 2.00 bits per heavy atom. The van der Waals surface area contributed by atoms with Crippen molar-refractivity contribution in [1.82, 2.24) is 25.2 Å². The van der Waals surface area contributed by atoms with E-state index < -0.39 is 12.1 Å². The molecule has 0 saturated carbocycles. The minimum absolute atomic E-state index is 0.0738. The molecule has 2 rings (SSSR count). The van der Waals surface area contributed by atoms with Crippen LogP contribution in [0, 0.1) is 5.41 Å². The molecule has 1 fully saturated rings. The van der Waals surface area contributed by atoms with Crippen LogP contribution in [0.5, 0.6) is 0 Å². The standard InChI is InChI=1S/C13H21N5O2/c1-8-11(19)14-10(13(2,3)4)12(20)18(8)7-9-6-17(5)16-15-9/h6,8,10H,7H2,1-5H3,(H,14,19). The van der Waals surface area contributed by atoms with Crippen molar-refractivity contribution in [3.8, 4) is 0 Å². The lowest BCUT2D eigenvalue weighted by Crippen LogP contribution is -2.65. The highest BCUT2D eigenvalue weighted by Gasteiger charge is 2.43. The Morgan fingerprint density at radius 1 is 1.35 bits per heavy atom. The zero-order valence-electron chi connectivity index (χ0n) is 12.5. The molecule has 0 bridgehead atoms. The van der Waals surface area contributed by atoms with Gasteiger partial charge in [-0.2, -0.15) is 0 Å². The van der Waals surface area contributed by atoms with Crippen molar-refractivity contribution in [3.05, 3.63) is 11.9 Å². The Bertz CT molecular complexity index is 531. The highest BCUT2D eigenvalue weighted by atomic mass is 16.2. The van der Waals surface area contributed by atoms with E-state index in [0.29, 0.717) is 12.2 Å². The lowest BCUT2D eigenvalue weighted by atomic mass is 9.84. The molecule has 2 amide bonds. The number of nitrogens with one attached hydrogen (secondary N) is 1. The number of nitrogens with zero attached hydrogens (tertiary/aromatic N) is 4. The Labute approximate surface area is 118 Å². The van der Waals surface area contributed by atoms with Crippen LogP contribution in [0.1, 0.15) is 33.4 Å². The number of aryl methyl sites for hydroxylation is 1. The first-order valence-corrected chi connectivity index (χ1v) is 6.66. The molecule has 0 aliphatic carbocycles. The molecule has 1 saturated heterocycles. The van der Waals surface area contributed by atoms with Crippen LogP contribution >= 0.6 is 0 Å². The molecule has 1 aromatic heterocycles. The predicted molar refractivity (Wildman–Crippen MR) is 72.4 cm³/mol. The van der Waals surface area contributed by atoms with Crippen LogP contribution in [0.15, 0.2) is 6.20 Å². The smallest absolute Gasteiger partial charge is 0.246 e. The quantitative estimate of drug-likeness (QED) is 0.831. The van der Waals surface area contributed by atoms with Gasteiger partial charge in [0, 0.05) is 13.2 Å². The van der Waals surface area contributed by atoms with E-state index >= 15 is 0 Å². The van der Waals surface area contributed by atoms with Gasteiger partial charge in [0.2, 0.25) is 11.8 Å². The number of piperazine rings is 1. The van der Waals surface area contributed by atoms with Crippen LogP contribution in [0.4, 0.5) is 0 Å². The molecule has 1 aliphatic rings. The minimum atomic E-state index is -0.511. The lowest BCUT2D eigenvalue weighted by molar-refractivity contribution is -0.152. The van der Waals surface area contributed by atoms with Gasteiger partial charge in [-0.05, 0) is 12.3 Å². The van der Waals surface area contributed by atoms with Crippen molar-refractivity contribution in [1.29, 1.82) is 0 Å². The van der Waals surface area contributed by atoms with Crippen LogP contribution in [-0.4, -0.2) is 43.8 Å². The second kappa shape index (κ2) is 4.88. The maximum absolute atomic E-state index is 12.6. The second-order valence-corrected chi connectivity index (χ2v) is 6.33. The monoisotopic (exact) mass is 279 g/mol. The summed E-state index contributed by atoms with van der Waals surface area (Å²) in [5.41, 5.74) is 0.350. The van der Waals surface area contributed by atoms with Gasteiger partial charge < -0.3 is 10.2 Å². The average molecular weight is 279 g/mol. The Balaban J connectivity index is 2.24. The first kappa shape index (κ1) is 14.5. The van der Waals surface area contributed by atoms with Gasteiger partial charge in [-0.3, -0.25) is 14.3 Å². The van der Waals surface area contributed by atoms with E-state index in [1.54, 1.807) is 29.7 Å². The number of hydrogen-bond donors (Lipinski definition) is 1. The fourth-order valence-corrected chi connectivity index (χ4v) is 2.27. The van der Waals surface area contributed by atoms with Crippen molar-refractivity contribution in [2.24, 2.45) is 12.5 Å². The van der Waals surface area contributed by atoms with Crippen molar-refractivity contribution in [2.45, 2.75) is 46.3 Å². The summed E-state index contributed by atoms with van der Waals surface area (Å²) in [6.07, 6.45) is 1.75. The molecular formula is C13H21N5O2. The summed E-state index contributed by atoms with van der Waals surface area (Å²) in [5, 5.41) is 10.6. The molecule has 7 heteroatoms. The van der Waals surface area contributed by atoms with Gasteiger partial charge in [-0.1, -0.05) is 26.0 Å². The molecule has 110 valence electrons. The van der Waals surface area contributed by atoms with Crippen LogP contribution in [0.2, 0.25) is 0 Å². The third kappa shape index (κ3) is 2.66. The van der Waals surface area contributed by atoms with Crippen LogP contribution in [0.3, 0.4) is 0 Å². The fraction of sp³-hybridized carbons (Fsp3) is 0.692. The minimum Gasteiger partial charge on any atom is -0.342 e. The van der Waals surface area contributed by atoms with Gasteiger partial charge in [0.05, 0.1) is 6.54 Å². The number of carbonyl (C=O) groups excluding carboxylic acids is 2. The number of carbonyl (C=O) groups is 2. The highest BCUT2D eigenvalue weighted by Crippen LogP contribution is 2.25. The molecule has 1 aromatic rings. The molecule has 20 heavy (non-hydrogen) atoms. The number of rotatable bonds is 2. The topological polar surface area (TPSA) is 80.1 Å². The zero-order chi connectivity index (χ0) is 15.1. The predicted octanol–water partition coefficient (Wildman–Crippen LogP) is 0.0767. The summed E-state index contributed by atoms with van der Waals surface area (Å²) >= 11 is 0. The van der Waals surface area contributed by atoms with Gasteiger partial charge in [-0.25, -0.2) is 0 Å². The summed E-state index contributed by atoms with van der Waals surface area (Å²) in [6.45, 7) is 7.83. The van der Waals surface area contributed by atoms with Crippen LogP contribution in [0.25, 0.3) is 0 Å². The van der Waals surface area contributed by atoms with E-state index in [4.69, 9.17) is 0 Å². The van der Waals surface area contributed by atoms with Gasteiger partial charge in [0.25, 0.3) is 0 Å². The van der Waals surface area contributed by atoms with Gasteiger partial charge in [0.1, 0.15) is 17.8 Å². The van der Waals surface area contributed by atoms with Crippen molar-refractivity contribution >= 4 is 11.8 Å². The summed E-state index contributed by atoms with van der Waals surface area (Å²) in [5.74, 6) is -0.205. The van der Waals surface area contributed by atoms with Crippen LogP contribution < -0.4 is 5.32 Å². The molecule has 7 nitrogen and oxygen atoms in total. The second-order valence-electron chi connectivity index (χ2n) is 6.33. The third-order valence-electron chi connectivity index (χ3n) is 3.51. The molecule has 0 spiro atoms. The maximum Gasteiger partial charge on any atom is 0.246 e. The van der Waals surface area contributed by atoms with Gasteiger partial charge in [-0.15, -0.1) is 5.10 Å². The number of hydrogen-bond acceptors (Lipinski definition) is 4. The Morgan fingerprint density at radius 3 is 2.50 bits per heavy atom. The van der Waals surface area contributed by atoms with Crippen molar-refractivity contribution < 1.29 is 9.59 Å². The zero-order valence-corrected chi connectivity index (χ0v) is 12.5. The van der Waals surface area contributed by atoms with Gasteiger partial charge >= 0.3 is 0 Å². The molecule has 2 heterocycles. The molecule has 0 radical (unpaired) electrons. The summed E-state index contributed by atoms with van der Waals surface area (Å²) < 4.78 is 1.58.